The van der Waals surface area contributed by atoms with Gasteiger partial charge in [-0.3, -0.25) is 4.90 Å². The highest BCUT2D eigenvalue weighted by Gasteiger charge is 2.46. The summed E-state index contributed by atoms with van der Waals surface area (Å²) in [6, 6.07) is 10.6. The van der Waals surface area contributed by atoms with Gasteiger partial charge in [-0.25, -0.2) is 9.78 Å². The van der Waals surface area contributed by atoms with Gasteiger partial charge in [-0.15, -0.1) is 0 Å². The molecular weight excluding hydrogens is 326 g/mol. The lowest BCUT2D eigenvalue weighted by Gasteiger charge is -2.49. The van der Waals surface area contributed by atoms with Crippen LogP contribution in [0.15, 0.2) is 36.5 Å². The van der Waals surface area contributed by atoms with Crippen LogP contribution in [0.2, 0.25) is 0 Å². The van der Waals surface area contributed by atoms with Crippen LogP contribution < -0.4 is 0 Å². The summed E-state index contributed by atoms with van der Waals surface area (Å²) in [5, 5.41) is 0. The van der Waals surface area contributed by atoms with Crippen LogP contribution in [0.3, 0.4) is 0 Å². The largest absolute Gasteiger partial charge is 0.331 e. The number of aromatic nitrogens is 2. The molecule has 26 heavy (non-hydrogen) atoms. The molecule has 4 rings (SSSR count). The van der Waals surface area contributed by atoms with Crippen molar-refractivity contribution in [2.45, 2.75) is 24.9 Å². The number of imidazole rings is 1. The Kier molecular flexibility index (Phi) is 4.23. The fourth-order valence-corrected chi connectivity index (χ4v) is 4.40. The maximum Gasteiger partial charge on any atom is 0.319 e. The van der Waals surface area contributed by atoms with Gasteiger partial charge in [0, 0.05) is 40.3 Å². The summed E-state index contributed by atoms with van der Waals surface area (Å²) in [6.07, 6.45) is 3.87. The Morgan fingerprint density at radius 3 is 2.42 bits per heavy atom. The first-order valence-corrected chi connectivity index (χ1v) is 9.32. The van der Waals surface area contributed by atoms with E-state index < -0.39 is 0 Å². The van der Waals surface area contributed by atoms with Gasteiger partial charge in [0.05, 0.1) is 17.4 Å². The number of hydrogen-bond donors (Lipinski definition) is 0. The van der Waals surface area contributed by atoms with Gasteiger partial charge in [0.25, 0.3) is 0 Å². The van der Waals surface area contributed by atoms with Crippen LogP contribution in [0.25, 0.3) is 11.3 Å². The molecule has 6 nitrogen and oxygen atoms in total. The molecule has 0 unspecified atom stereocenters. The van der Waals surface area contributed by atoms with Crippen LogP contribution in [0.5, 0.6) is 0 Å². The number of fused-ring (bicyclic) bond motifs is 2. The van der Waals surface area contributed by atoms with E-state index in [2.05, 4.69) is 40.8 Å². The smallest absolute Gasteiger partial charge is 0.319 e. The maximum absolute atomic E-state index is 12.3. The van der Waals surface area contributed by atoms with Gasteiger partial charge in [0.15, 0.2) is 0 Å². The summed E-state index contributed by atoms with van der Waals surface area (Å²) in [7, 11) is 5.83. The van der Waals surface area contributed by atoms with E-state index in [0.717, 1.165) is 44.8 Å². The Morgan fingerprint density at radius 2 is 1.77 bits per heavy atom. The third kappa shape index (κ3) is 2.60. The summed E-state index contributed by atoms with van der Waals surface area (Å²) in [5.74, 6) is 1.15. The molecule has 1 saturated heterocycles. The minimum atomic E-state index is -0.0750. The van der Waals surface area contributed by atoms with Gasteiger partial charge in [-0.05, 0) is 25.5 Å². The second-order valence-electron chi connectivity index (χ2n) is 7.60. The summed E-state index contributed by atoms with van der Waals surface area (Å²) in [6.45, 7) is 3.51. The van der Waals surface area contributed by atoms with Crippen LogP contribution in [0.1, 0.15) is 18.7 Å². The summed E-state index contributed by atoms with van der Waals surface area (Å²) in [4.78, 5) is 23.2. The molecule has 0 atom stereocenters. The van der Waals surface area contributed by atoms with Crippen molar-refractivity contribution in [1.29, 1.82) is 0 Å². The highest BCUT2D eigenvalue weighted by atomic mass is 16.2. The molecule has 2 amide bonds. The quantitative estimate of drug-likeness (QED) is 0.791. The zero-order chi connectivity index (χ0) is 18.3. The third-order valence-corrected chi connectivity index (χ3v) is 5.97. The van der Waals surface area contributed by atoms with E-state index in [4.69, 9.17) is 4.98 Å². The number of carbonyl (C=O) groups excluding carboxylic acids is 1. The zero-order valence-corrected chi connectivity index (χ0v) is 15.9. The standard InChI is InChI=1S/C20H27N5O/c1-22(2)19(26)24-11-9-20(10-12-24)18-21-15-17(16-7-5-4-6-8-16)25(18)14-13-23(20)3/h4-8,15H,9-14H2,1-3H3. The number of hydrogen-bond acceptors (Lipinski definition) is 3. The topological polar surface area (TPSA) is 44.6 Å². The first-order chi connectivity index (χ1) is 12.5. The molecule has 6 heteroatoms. The highest BCUT2D eigenvalue weighted by molar-refractivity contribution is 5.74. The lowest BCUT2D eigenvalue weighted by molar-refractivity contribution is 0.0158. The van der Waals surface area contributed by atoms with Gasteiger partial charge < -0.3 is 14.4 Å². The van der Waals surface area contributed by atoms with Crippen molar-refractivity contribution in [2.75, 3.05) is 40.8 Å². The van der Waals surface area contributed by atoms with Crippen molar-refractivity contribution in [3.05, 3.63) is 42.4 Å². The first-order valence-electron chi connectivity index (χ1n) is 9.32. The van der Waals surface area contributed by atoms with E-state index in [1.807, 2.05) is 31.3 Å². The second kappa shape index (κ2) is 6.43. The second-order valence-corrected chi connectivity index (χ2v) is 7.60. The SMILES string of the molecule is CN(C)C(=O)N1CCC2(CC1)c1ncc(-c3ccccc3)n1CCN2C. The fourth-order valence-electron chi connectivity index (χ4n) is 4.40. The molecule has 0 saturated carbocycles. The van der Waals surface area contributed by atoms with E-state index >= 15 is 0 Å². The average molecular weight is 353 g/mol. The monoisotopic (exact) mass is 353 g/mol. The molecule has 138 valence electrons. The minimum absolute atomic E-state index is 0.0750. The predicted octanol–water partition coefficient (Wildman–Crippen LogP) is 2.47. The Bertz CT molecular complexity index is 790. The van der Waals surface area contributed by atoms with Crippen LogP contribution in [-0.2, 0) is 12.1 Å². The normalized spacial score (nSPS) is 19.4. The fraction of sp³-hybridized carbons (Fsp3) is 0.500. The molecule has 1 aromatic heterocycles. The number of carbonyl (C=O) groups is 1. The molecular formula is C20H27N5O. The highest BCUT2D eigenvalue weighted by Crippen LogP contribution is 2.41. The van der Waals surface area contributed by atoms with Crippen molar-refractivity contribution < 1.29 is 4.79 Å². The van der Waals surface area contributed by atoms with E-state index in [0.29, 0.717) is 0 Å². The van der Waals surface area contributed by atoms with Gasteiger partial charge in [-0.1, -0.05) is 30.3 Å². The molecule has 1 fully saturated rings. The van der Waals surface area contributed by atoms with Crippen LogP contribution in [0.4, 0.5) is 4.79 Å². The van der Waals surface area contributed by atoms with Crippen LogP contribution >= 0.6 is 0 Å². The number of piperidine rings is 1. The summed E-state index contributed by atoms with van der Waals surface area (Å²) in [5.41, 5.74) is 2.33. The number of amides is 2. The molecule has 2 aromatic rings. The molecule has 2 aliphatic rings. The van der Waals surface area contributed by atoms with Crippen LogP contribution in [-0.4, -0.2) is 71.1 Å². The zero-order valence-electron chi connectivity index (χ0n) is 15.9. The number of nitrogens with zero attached hydrogens (tertiary/aromatic N) is 5. The molecule has 0 radical (unpaired) electrons. The molecule has 0 N–H and O–H groups in total. The number of rotatable bonds is 1. The molecule has 2 aliphatic heterocycles. The maximum atomic E-state index is 12.3. The Morgan fingerprint density at radius 1 is 1.08 bits per heavy atom. The molecule has 3 heterocycles. The Balaban J connectivity index is 1.66. The molecule has 1 spiro atoms. The van der Waals surface area contributed by atoms with E-state index in [-0.39, 0.29) is 11.6 Å². The van der Waals surface area contributed by atoms with Gasteiger partial charge in [0.2, 0.25) is 0 Å². The van der Waals surface area contributed by atoms with E-state index in [1.54, 1.807) is 4.90 Å². The summed E-state index contributed by atoms with van der Waals surface area (Å²) < 4.78 is 2.39. The number of likely N-dealkylation sites (tertiary alicyclic amines) is 1. The molecule has 0 aliphatic carbocycles. The van der Waals surface area contributed by atoms with Gasteiger partial charge in [0.1, 0.15) is 5.82 Å². The van der Waals surface area contributed by atoms with E-state index in [9.17, 15) is 4.79 Å². The minimum Gasteiger partial charge on any atom is -0.331 e. The Hall–Kier alpha value is -2.34. The molecule has 0 bridgehead atoms. The lowest BCUT2D eigenvalue weighted by atomic mass is 9.83. The van der Waals surface area contributed by atoms with E-state index in [1.165, 1.54) is 11.3 Å². The third-order valence-electron chi connectivity index (χ3n) is 5.97. The number of likely N-dealkylation sites (N-methyl/N-ethyl adjacent to an activating group) is 1. The average Bonchev–Trinajstić information content (AvgIpc) is 3.10. The predicted molar refractivity (Wildman–Crippen MR) is 102 cm³/mol. The van der Waals surface area contributed by atoms with Crippen LogP contribution in [0, 0.1) is 0 Å². The van der Waals surface area contributed by atoms with Crippen molar-refractivity contribution in [1.82, 2.24) is 24.3 Å². The van der Waals surface area contributed by atoms with Crippen molar-refractivity contribution in [3.63, 3.8) is 0 Å². The van der Waals surface area contributed by atoms with Gasteiger partial charge in [-0.2, -0.15) is 0 Å². The van der Waals surface area contributed by atoms with Crippen molar-refractivity contribution in [2.24, 2.45) is 0 Å². The van der Waals surface area contributed by atoms with Crippen molar-refractivity contribution >= 4 is 6.03 Å². The number of benzene rings is 1. The Labute approximate surface area is 155 Å². The van der Waals surface area contributed by atoms with Gasteiger partial charge >= 0.3 is 6.03 Å². The first kappa shape index (κ1) is 17.1. The lowest BCUT2D eigenvalue weighted by Crippen LogP contribution is -2.57. The van der Waals surface area contributed by atoms with Crippen molar-refractivity contribution in [3.8, 4) is 11.3 Å². The number of urea groups is 1. The molecule has 1 aromatic carbocycles. The summed E-state index contributed by atoms with van der Waals surface area (Å²) >= 11 is 0.